The Bertz CT molecular complexity index is 1070. The first kappa shape index (κ1) is 21.2. The molecule has 2 heterocycles. The lowest BCUT2D eigenvalue weighted by molar-refractivity contribution is -0.134. The van der Waals surface area contributed by atoms with Crippen LogP contribution in [-0.2, 0) is 14.8 Å². The number of benzene rings is 1. The highest BCUT2D eigenvalue weighted by atomic mass is 32.2. The van der Waals surface area contributed by atoms with Gasteiger partial charge in [-0.05, 0) is 58.0 Å². The van der Waals surface area contributed by atoms with Gasteiger partial charge in [0, 0.05) is 35.7 Å². The van der Waals surface area contributed by atoms with E-state index in [1.54, 1.807) is 12.1 Å². The summed E-state index contributed by atoms with van der Waals surface area (Å²) in [6.45, 7) is 8.63. The second-order valence-electron chi connectivity index (χ2n) is 7.82. The first-order valence-corrected chi connectivity index (χ1v) is 10.9. The third-order valence-corrected chi connectivity index (χ3v) is 6.43. The molecule has 0 radical (unpaired) electrons. The summed E-state index contributed by atoms with van der Waals surface area (Å²) in [4.78, 5) is 27.1. The van der Waals surface area contributed by atoms with E-state index in [2.05, 4.69) is 5.32 Å². The molecule has 8 nitrogen and oxygen atoms in total. The van der Waals surface area contributed by atoms with Crippen molar-refractivity contribution in [1.29, 1.82) is 0 Å². The molecule has 2 aromatic rings. The van der Waals surface area contributed by atoms with Gasteiger partial charge in [-0.1, -0.05) is 0 Å². The van der Waals surface area contributed by atoms with E-state index in [9.17, 15) is 18.0 Å². The molecule has 1 aromatic carbocycles. The Labute approximate surface area is 170 Å². The Kier molecular flexibility index (Phi) is 5.42. The fourth-order valence-corrected chi connectivity index (χ4v) is 4.22. The normalized spacial score (nSPS) is 17.2. The van der Waals surface area contributed by atoms with Gasteiger partial charge in [0.2, 0.25) is 15.9 Å². The lowest BCUT2D eigenvalue weighted by atomic mass is 9.98. The van der Waals surface area contributed by atoms with Crippen molar-refractivity contribution in [2.75, 3.05) is 19.6 Å². The van der Waals surface area contributed by atoms with E-state index in [-0.39, 0.29) is 23.1 Å². The molecule has 0 saturated carbocycles. The van der Waals surface area contributed by atoms with E-state index >= 15 is 0 Å². The first-order valence-electron chi connectivity index (χ1n) is 9.31. The van der Waals surface area contributed by atoms with Crippen LogP contribution in [0.1, 0.15) is 35.6 Å². The second kappa shape index (κ2) is 7.40. The number of carbonyl (C=O) groups is 2. The van der Waals surface area contributed by atoms with Crippen molar-refractivity contribution in [3.63, 3.8) is 0 Å². The number of nitrogens with zero attached hydrogens (tertiary/aromatic N) is 2. The molecule has 156 valence electrons. The van der Waals surface area contributed by atoms with Crippen molar-refractivity contribution in [2.24, 2.45) is 5.14 Å². The van der Waals surface area contributed by atoms with Gasteiger partial charge in [0.05, 0.1) is 17.0 Å². The van der Waals surface area contributed by atoms with Gasteiger partial charge in [0.1, 0.15) is 0 Å². The molecule has 0 unspecified atom stereocenters. The van der Waals surface area contributed by atoms with Crippen LogP contribution in [0.2, 0.25) is 0 Å². The number of aromatic nitrogens is 1. The number of hydrogen-bond acceptors (Lipinski definition) is 5. The Morgan fingerprint density at radius 2 is 1.83 bits per heavy atom. The average molecular weight is 419 g/mol. The Hall–Kier alpha value is -2.49. The van der Waals surface area contributed by atoms with Crippen molar-refractivity contribution in [2.45, 2.75) is 38.1 Å². The van der Waals surface area contributed by atoms with Crippen LogP contribution in [0.3, 0.4) is 0 Å². The lowest BCUT2D eigenvalue weighted by Crippen LogP contribution is -2.62. The highest BCUT2D eigenvalue weighted by molar-refractivity contribution is 7.89. The SMILES string of the molecule is Cc1cc(C(=O)CN2CCNC(=O)C2(C)C)c(C)n1-c1ccc(S(N)(=O)=O)cc1. The minimum absolute atomic E-state index is 0.0330. The number of Topliss-reactive ketones (excluding diaryl/α,β-unsaturated/α-hetero) is 1. The summed E-state index contributed by atoms with van der Waals surface area (Å²) in [6, 6.07) is 8.03. The predicted octanol–water partition coefficient (Wildman–Crippen LogP) is 1.13. The highest BCUT2D eigenvalue weighted by Gasteiger charge is 2.38. The molecule has 1 aliphatic rings. The molecule has 1 fully saturated rings. The zero-order chi connectivity index (χ0) is 21.6. The van der Waals surface area contributed by atoms with Crippen LogP contribution < -0.4 is 10.5 Å². The number of aryl methyl sites for hydroxylation is 1. The van der Waals surface area contributed by atoms with Crippen molar-refractivity contribution in [3.05, 3.63) is 47.3 Å². The standard InChI is InChI=1S/C20H26N4O4S/c1-13-11-17(18(25)12-23-10-9-22-19(26)20(23,3)4)14(2)24(13)15-5-7-16(8-6-15)29(21,27)28/h5-8,11H,9-10,12H2,1-4H3,(H,22,26)(H2,21,27,28). The van der Waals surface area contributed by atoms with Crippen LogP contribution in [0, 0.1) is 13.8 Å². The third kappa shape index (κ3) is 3.98. The van der Waals surface area contributed by atoms with Crippen LogP contribution in [0.5, 0.6) is 0 Å². The third-order valence-electron chi connectivity index (χ3n) is 5.50. The minimum Gasteiger partial charge on any atom is -0.353 e. The van der Waals surface area contributed by atoms with Crippen molar-refractivity contribution < 1.29 is 18.0 Å². The number of nitrogens with two attached hydrogens (primary N) is 1. The van der Waals surface area contributed by atoms with Gasteiger partial charge < -0.3 is 9.88 Å². The number of carbonyl (C=O) groups excluding carboxylic acids is 2. The maximum atomic E-state index is 13.0. The number of piperazine rings is 1. The molecular weight excluding hydrogens is 392 g/mol. The number of amides is 1. The Balaban J connectivity index is 1.89. The molecular formula is C20H26N4O4S. The van der Waals surface area contributed by atoms with Gasteiger partial charge in [-0.2, -0.15) is 0 Å². The molecule has 1 amide bonds. The molecule has 0 spiro atoms. The summed E-state index contributed by atoms with van der Waals surface area (Å²) < 4.78 is 24.8. The van der Waals surface area contributed by atoms with Crippen molar-refractivity contribution >= 4 is 21.7 Å². The van der Waals surface area contributed by atoms with E-state index in [0.29, 0.717) is 18.7 Å². The van der Waals surface area contributed by atoms with Crippen molar-refractivity contribution in [1.82, 2.24) is 14.8 Å². The van der Waals surface area contributed by atoms with Gasteiger partial charge in [-0.25, -0.2) is 13.6 Å². The van der Waals surface area contributed by atoms with Gasteiger partial charge in [-0.15, -0.1) is 0 Å². The summed E-state index contributed by atoms with van der Waals surface area (Å²) in [5.41, 5.74) is 2.19. The fraction of sp³-hybridized carbons (Fsp3) is 0.400. The summed E-state index contributed by atoms with van der Waals surface area (Å²) in [5, 5.41) is 7.99. The molecule has 29 heavy (non-hydrogen) atoms. The molecule has 3 N–H and O–H groups in total. The van der Waals surface area contributed by atoms with Gasteiger partial charge in [0.15, 0.2) is 5.78 Å². The molecule has 0 aliphatic carbocycles. The average Bonchev–Trinajstić information content (AvgIpc) is 2.93. The lowest BCUT2D eigenvalue weighted by Gasteiger charge is -2.40. The minimum atomic E-state index is -3.76. The van der Waals surface area contributed by atoms with Gasteiger partial charge in [0.25, 0.3) is 0 Å². The number of sulfonamides is 1. The smallest absolute Gasteiger partial charge is 0.240 e. The molecule has 1 aromatic heterocycles. The zero-order valence-corrected chi connectivity index (χ0v) is 17.8. The molecule has 1 saturated heterocycles. The number of ketones is 1. The fourth-order valence-electron chi connectivity index (χ4n) is 3.71. The van der Waals surface area contributed by atoms with E-state index in [4.69, 9.17) is 5.14 Å². The number of rotatable bonds is 5. The van der Waals surface area contributed by atoms with Crippen LogP contribution >= 0.6 is 0 Å². The van der Waals surface area contributed by atoms with E-state index in [1.165, 1.54) is 12.1 Å². The van der Waals surface area contributed by atoms with Crippen LogP contribution in [0.25, 0.3) is 5.69 Å². The monoisotopic (exact) mass is 418 g/mol. The van der Waals surface area contributed by atoms with E-state index in [0.717, 1.165) is 17.1 Å². The largest absolute Gasteiger partial charge is 0.353 e. The van der Waals surface area contributed by atoms with E-state index in [1.807, 2.05) is 43.2 Å². The van der Waals surface area contributed by atoms with E-state index < -0.39 is 15.6 Å². The second-order valence-corrected chi connectivity index (χ2v) is 9.38. The van der Waals surface area contributed by atoms with Crippen LogP contribution in [0.15, 0.2) is 35.2 Å². The van der Waals surface area contributed by atoms with Crippen molar-refractivity contribution in [3.8, 4) is 5.69 Å². The van der Waals surface area contributed by atoms with Gasteiger partial charge in [-0.3, -0.25) is 14.5 Å². The quantitative estimate of drug-likeness (QED) is 0.707. The molecule has 3 rings (SSSR count). The molecule has 9 heteroatoms. The Morgan fingerprint density at radius 1 is 1.21 bits per heavy atom. The van der Waals surface area contributed by atoms with Crippen LogP contribution in [0.4, 0.5) is 0 Å². The van der Waals surface area contributed by atoms with Gasteiger partial charge >= 0.3 is 0 Å². The molecule has 0 atom stereocenters. The highest BCUT2D eigenvalue weighted by Crippen LogP contribution is 2.24. The first-order chi connectivity index (χ1) is 13.4. The topological polar surface area (TPSA) is 114 Å². The zero-order valence-electron chi connectivity index (χ0n) is 17.0. The van der Waals surface area contributed by atoms with Crippen LogP contribution in [-0.4, -0.2) is 54.7 Å². The summed E-state index contributed by atoms with van der Waals surface area (Å²) >= 11 is 0. The summed E-state index contributed by atoms with van der Waals surface area (Å²) in [7, 11) is -3.76. The maximum Gasteiger partial charge on any atom is 0.240 e. The summed E-state index contributed by atoms with van der Waals surface area (Å²) in [6.07, 6.45) is 0. The summed E-state index contributed by atoms with van der Waals surface area (Å²) in [5.74, 6) is -0.148. The molecule has 0 bridgehead atoms. The number of hydrogen-bond donors (Lipinski definition) is 2. The number of primary sulfonamides is 1. The maximum absolute atomic E-state index is 13.0. The molecule has 1 aliphatic heterocycles. The predicted molar refractivity (Wildman–Crippen MR) is 110 cm³/mol. The number of nitrogens with one attached hydrogen (secondary N) is 1. The Morgan fingerprint density at radius 3 is 2.41 bits per heavy atom.